The summed E-state index contributed by atoms with van der Waals surface area (Å²) in [4.78, 5) is 37.6. The molecule has 0 radical (unpaired) electrons. The number of amides is 1. The summed E-state index contributed by atoms with van der Waals surface area (Å²) in [5.74, 6) is -1.38. The second kappa shape index (κ2) is 7.22. The van der Waals surface area contributed by atoms with Crippen LogP contribution in [0.5, 0.6) is 5.75 Å². The lowest BCUT2D eigenvalue weighted by Gasteiger charge is -2.05. The normalized spacial score (nSPS) is 10.1. The van der Waals surface area contributed by atoms with Crippen LogP contribution in [0.15, 0.2) is 28.9 Å². The van der Waals surface area contributed by atoms with E-state index in [-0.39, 0.29) is 35.3 Å². The molecular weight excluding hydrogens is 322 g/mol. The van der Waals surface area contributed by atoms with Crippen molar-refractivity contribution >= 4 is 23.6 Å². The molecule has 0 spiro atoms. The van der Waals surface area contributed by atoms with Crippen LogP contribution in [0.3, 0.4) is 0 Å². The number of nitrogens with zero attached hydrogens (tertiary/aromatic N) is 2. The molecule has 0 aliphatic heterocycles. The first-order valence-electron chi connectivity index (χ1n) is 6.72. The molecule has 1 N–H and O–H groups in total. The van der Waals surface area contributed by atoms with Crippen molar-refractivity contribution in [2.24, 2.45) is 0 Å². The Morgan fingerprint density at radius 3 is 2.79 bits per heavy atom. The minimum Gasteiger partial charge on any atom is -0.490 e. The lowest BCUT2D eigenvalue weighted by atomic mass is 10.2. The second-order valence-corrected chi connectivity index (χ2v) is 4.36. The van der Waals surface area contributed by atoms with Gasteiger partial charge in [0.1, 0.15) is 6.26 Å². The van der Waals surface area contributed by atoms with Crippen LogP contribution in [0.4, 0.5) is 11.7 Å². The van der Waals surface area contributed by atoms with Gasteiger partial charge in [-0.1, -0.05) is 0 Å². The quantitative estimate of drug-likeness (QED) is 0.481. The summed E-state index contributed by atoms with van der Waals surface area (Å²) in [7, 11) is 1.25. The van der Waals surface area contributed by atoms with E-state index >= 15 is 0 Å². The van der Waals surface area contributed by atoms with E-state index in [0.717, 1.165) is 12.3 Å². The first-order chi connectivity index (χ1) is 11.5. The average Bonchev–Trinajstić information content (AvgIpc) is 3.02. The fraction of sp³-hybridized carbons (Fsp3) is 0.214. The maximum Gasteiger partial charge on any atom is 0.360 e. The summed E-state index contributed by atoms with van der Waals surface area (Å²) in [5, 5.41) is 13.2. The third kappa shape index (κ3) is 3.66. The Hall–Kier alpha value is -3.43. The number of oxazole rings is 1. The van der Waals surface area contributed by atoms with Crippen molar-refractivity contribution in [2.45, 2.75) is 6.92 Å². The number of hydrogen-bond acceptors (Lipinski definition) is 8. The number of benzene rings is 1. The van der Waals surface area contributed by atoms with E-state index in [1.54, 1.807) is 6.92 Å². The first-order valence-corrected chi connectivity index (χ1v) is 6.72. The zero-order valence-corrected chi connectivity index (χ0v) is 12.8. The topological polar surface area (TPSA) is 134 Å². The Balaban J connectivity index is 2.15. The van der Waals surface area contributed by atoms with Gasteiger partial charge in [-0.05, 0) is 13.0 Å². The van der Waals surface area contributed by atoms with Crippen molar-refractivity contribution in [3.63, 3.8) is 0 Å². The summed E-state index contributed by atoms with van der Waals surface area (Å²) in [6, 6.07) is 3.40. The lowest BCUT2D eigenvalue weighted by Crippen LogP contribution is -2.13. The van der Waals surface area contributed by atoms with E-state index in [9.17, 15) is 19.7 Å². The molecule has 10 nitrogen and oxygen atoms in total. The number of esters is 1. The van der Waals surface area contributed by atoms with Crippen molar-refractivity contribution < 1.29 is 28.4 Å². The molecule has 2 aromatic rings. The number of ether oxygens (including phenoxy) is 2. The molecule has 10 heteroatoms. The molecular formula is C14H13N3O7. The number of methoxy groups -OCH3 is 1. The number of carbonyl (C=O) groups excluding carboxylic acids is 2. The highest BCUT2D eigenvalue weighted by molar-refractivity contribution is 6.03. The van der Waals surface area contributed by atoms with Crippen molar-refractivity contribution in [1.29, 1.82) is 0 Å². The second-order valence-electron chi connectivity index (χ2n) is 4.36. The smallest absolute Gasteiger partial charge is 0.360 e. The van der Waals surface area contributed by atoms with Crippen molar-refractivity contribution in [2.75, 3.05) is 19.0 Å². The Labute approximate surface area is 135 Å². The molecule has 0 bridgehead atoms. The van der Waals surface area contributed by atoms with E-state index < -0.39 is 16.8 Å². The van der Waals surface area contributed by atoms with E-state index in [4.69, 9.17) is 13.9 Å². The first kappa shape index (κ1) is 16.9. The number of nitro groups is 1. The van der Waals surface area contributed by atoms with Gasteiger partial charge in [0.25, 0.3) is 5.91 Å². The van der Waals surface area contributed by atoms with Crippen molar-refractivity contribution in [3.05, 3.63) is 45.8 Å². The fourth-order valence-electron chi connectivity index (χ4n) is 1.77. The molecule has 0 atom stereocenters. The van der Waals surface area contributed by atoms with Crippen molar-refractivity contribution in [1.82, 2.24) is 4.98 Å². The maximum absolute atomic E-state index is 12.1. The molecule has 0 fully saturated rings. The van der Waals surface area contributed by atoms with E-state index in [2.05, 4.69) is 10.3 Å². The Bertz CT molecular complexity index is 784. The van der Waals surface area contributed by atoms with Gasteiger partial charge in [-0.25, -0.2) is 4.79 Å². The van der Waals surface area contributed by atoms with Gasteiger partial charge in [0, 0.05) is 17.7 Å². The number of hydrogen-bond donors (Lipinski definition) is 1. The Morgan fingerprint density at radius 1 is 1.42 bits per heavy atom. The SMILES string of the molecule is CCOC(=O)c1coc(NC(=O)c2ccc([N+](=O)[O-])c(OC)c2)n1. The molecule has 0 saturated carbocycles. The van der Waals surface area contributed by atoms with Crippen LogP contribution in [0, 0.1) is 10.1 Å². The molecule has 0 saturated heterocycles. The minimum absolute atomic E-state index is 0.0627. The molecule has 1 amide bonds. The van der Waals surface area contributed by atoms with Crippen molar-refractivity contribution in [3.8, 4) is 5.75 Å². The molecule has 1 aromatic heterocycles. The van der Waals surface area contributed by atoms with Gasteiger partial charge in [0.2, 0.25) is 0 Å². The molecule has 0 aliphatic carbocycles. The highest BCUT2D eigenvalue weighted by Crippen LogP contribution is 2.27. The number of anilines is 1. The fourth-order valence-corrected chi connectivity index (χ4v) is 1.77. The van der Waals surface area contributed by atoms with Crippen LogP contribution >= 0.6 is 0 Å². The summed E-state index contributed by atoms with van der Waals surface area (Å²) in [6.07, 6.45) is 1.05. The maximum atomic E-state index is 12.1. The molecule has 2 rings (SSSR count). The summed E-state index contributed by atoms with van der Waals surface area (Å²) < 4.78 is 14.6. The van der Waals surface area contributed by atoms with Gasteiger partial charge < -0.3 is 13.9 Å². The highest BCUT2D eigenvalue weighted by Gasteiger charge is 2.19. The summed E-state index contributed by atoms with van der Waals surface area (Å²) in [6.45, 7) is 1.82. The number of nitrogens with one attached hydrogen (secondary N) is 1. The standard InChI is InChI=1S/C14H13N3O7/c1-3-23-13(19)9-7-24-14(15-9)16-12(18)8-4-5-10(17(20)21)11(6-8)22-2/h4-7H,3H2,1-2H3,(H,15,16,18). The van der Waals surface area contributed by atoms with Gasteiger partial charge in [-0.2, -0.15) is 4.98 Å². The van der Waals surface area contributed by atoms with Crippen LogP contribution in [0.2, 0.25) is 0 Å². The van der Waals surface area contributed by atoms with Gasteiger partial charge >= 0.3 is 17.7 Å². The number of carbonyl (C=O) groups is 2. The van der Waals surface area contributed by atoms with E-state index in [1.807, 2.05) is 0 Å². The molecule has 1 heterocycles. The average molecular weight is 335 g/mol. The van der Waals surface area contributed by atoms with Gasteiger partial charge in [-0.15, -0.1) is 0 Å². The molecule has 126 valence electrons. The van der Waals surface area contributed by atoms with Crippen LogP contribution in [-0.4, -0.2) is 35.5 Å². The zero-order chi connectivity index (χ0) is 17.7. The van der Waals surface area contributed by atoms with Crippen LogP contribution < -0.4 is 10.1 Å². The van der Waals surface area contributed by atoms with Crippen LogP contribution in [-0.2, 0) is 4.74 Å². The van der Waals surface area contributed by atoms with E-state index in [1.165, 1.54) is 19.2 Å². The predicted molar refractivity (Wildman–Crippen MR) is 80.1 cm³/mol. The van der Waals surface area contributed by atoms with Gasteiger partial charge in [0.15, 0.2) is 11.4 Å². The number of rotatable bonds is 6. The molecule has 0 unspecified atom stereocenters. The minimum atomic E-state index is -0.682. The van der Waals surface area contributed by atoms with Gasteiger partial charge in [0.05, 0.1) is 18.6 Å². The largest absolute Gasteiger partial charge is 0.490 e. The van der Waals surface area contributed by atoms with E-state index in [0.29, 0.717) is 0 Å². The molecule has 0 aliphatic rings. The van der Waals surface area contributed by atoms with Crippen LogP contribution in [0.25, 0.3) is 0 Å². The Morgan fingerprint density at radius 2 is 2.17 bits per heavy atom. The summed E-state index contributed by atoms with van der Waals surface area (Å²) >= 11 is 0. The van der Waals surface area contributed by atoms with Gasteiger partial charge in [-0.3, -0.25) is 20.2 Å². The van der Waals surface area contributed by atoms with Crippen LogP contribution in [0.1, 0.15) is 27.8 Å². The highest BCUT2D eigenvalue weighted by atomic mass is 16.6. The number of nitro benzene ring substituents is 1. The monoisotopic (exact) mass is 335 g/mol. The lowest BCUT2D eigenvalue weighted by molar-refractivity contribution is -0.385. The molecule has 1 aromatic carbocycles. The summed E-state index contributed by atoms with van der Waals surface area (Å²) in [5.41, 5.74) is -0.267. The number of aromatic nitrogens is 1. The predicted octanol–water partition coefficient (Wildman–Crippen LogP) is 2.02. The Kier molecular flexibility index (Phi) is 5.09. The zero-order valence-electron chi connectivity index (χ0n) is 12.8. The molecule has 24 heavy (non-hydrogen) atoms. The third-order valence-electron chi connectivity index (χ3n) is 2.85. The third-order valence-corrected chi connectivity index (χ3v) is 2.85.